The SMILES string of the molecule is CN/N=C(\C(=N)c1ccnc(Cl)c1F)C(C)NC. The van der Waals surface area contributed by atoms with Crippen molar-refractivity contribution in [1.82, 2.24) is 15.7 Å². The number of nitrogens with one attached hydrogen (secondary N) is 3. The zero-order chi connectivity index (χ0) is 13.7. The van der Waals surface area contributed by atoms with Crippen LogP contribution in [0.25, 0.3) is 0 Å². The molecule has 1 aromatic heterocycles. The largest absolute Gasteiger partial charge is 0.313 e. The van der Waals surface area contributed by atoms with Gasteiger partial charge in [0.15, 0.2) is 11.0 Å². The second-order valence-corrected chi connectivity index (χ2v) is 3.93. The highest BCUT2D eigenvalue weighted by molar-refractivity contribution is 6.49. The molecule has 3 N–H and O–H groups in total. The first-order chi connectivity index (χ1) is 8.52. The highest BCUT2D eigenvalue weighted by Crippen LogP contribution is 2.16. The first kappa shape index (κ1) is 14.5. The van der Waals surface area contributed by atoms with Crippen molar-refractivity contribution in [2.45, 2.75) is 13.0 Å². The summed E-state index contributed by atoms with van der Waals surface area (Å²) in [6.07, 6.45) is 1.36. The fourth-order valence-electron chi connectivity index (χ4n) is 1.38. The molecule has 98 valence electrons. The lowest BCUT2D eigenvalue weighted by molar-refractivity contribution is 0.619. The summed E-state index contributed by atoms with van der Waals surface area (Å²) in [6.45, 7) is 1.82. The maximum Gasteiger partial charge on any atom is 0.169 e. The van der Waals surface area contributed by atoms with Crippen LogP contribution in [0.1, 0.15) is 12.5 Å². The van der Waals surface area contributed by atoms with E-state index in [2.05, 4.69) is 20.8 Å². The fraction of sp³-hybridized carbons (Fsp3) is 0.364. The van der Waals surface area contributed by atoms with Gasteiger partial charge in [-0.2, -0.15) is 5.10 Å². The molecule has 0 aliphatic carbocycles. The number of pyridine rings is 1. The van der Waals surface area contributed by atoms with Crippen LogP contribution < -0.4 is 10.7 Å². The quantitative estimate of drug-likeness (QED) is 0.431. The molecule has 0 aliphatic rings. The van der Waals surface area contributed by atoms with Crippen molar-refractivity contribution in [2.75, 3.05) is 14.1 Å². The van der Waals surface area contributed by atoms with Crippen LogP contribution in [0.5, 0.6) is 0 Å². The summed E-state index contributed by atoms with van der Waals surface area (Å²) in [5.74, 6) is -0.712. The van der Waals surface area contributed by atoms with Crippen molar-refractivity contribution in [1.29, 1.82) is 5.41 Å². The van der Waals surface area contributed by atoms with E-state index in [0.717, 1.165) is 0 Å². The maximum absolute atomic E-state index is 13.8. The van der Waals surface area contributed by atoms with Crippen LogP contribution in [0.4, 0.5) is 4.39 Å². The Bertz CT molecular complexity index is 475. The van der Waals surface area contributed by atoms with Gasteiger partial charge in [-0.25, -0.2) is 9.37 Å². The molecule has 0 spiro atoms. The normalized spacial score (nSPS) is 13.3. The zero-order valence-electron chi connectivity index (χ0n) is 10.4. The minimum atomic E-state index is -0.712. The van der Waals surface area contributed by atoms with Gasteiger partial charge in [0, 0.05) is 18.8 Å². The topological polar surface area (TPSA) is 73.2 Å². The molecule has 1 unspecified atom stereocenters. The van der Waals surface area contributed by atoms with Crippen molar-refractivity contribution >= 4 is 23.0 Å². The minimum absolute atomic E-state index is 0.0343. The van der Waals surface area contributed by atoms with Crippen LogP contribution in [0, 0.1) is 11.2 Å². The predicted molar refractivity (Wildman–Crippen MR) is 71.1 cm³/mol. The summed E-state index contributed by atoms with van der Waals surface area (Å²) in [6, 6.07) is 1.20. The van der Waals surface area contributed by atoms with E-state index in [4.69, 9.17) is 17.0 Å². The third-order valence-corrected chi connectivity index (χ3v) is 2.71. The molecule has 18 heavy (non-hydrogen) atoms. The highest BCUT2D eigenvalue weighted by atomic mass is 35.5. The predicted octanol–water partition coefficient (Wildman–Crippen LogP) is 1.43. The molecule has 1 heterocycles. The van der Waals surface area contributed by atoms with Gasteiger partial charge < -0.3 is 10.7 Å². The summed E-state index contributed by atoms with van der Waals surface area (Å²) in [7, 11) is 3.35. The van der Waals surface area contributed by atoms with Crippen LogP contribution in [-0.2, 0) is 0 Å². The zero-order valence-corrected chi connectivity index (χ0v) is 11.1. The van der Waals surface area contributed by atoms with E-state index < -0.39 is 5.82 Å². The summed E-state index contributed by atoms with van der Waals surface area (Å²) in [5, 5.41) is 14.7. The summed E-state index contributed by atoms with van der Waals surface area (Å²) in [5.41, 5.74) is 3.03. The Morgan fingerprint density at radius 3 is 2.78 bits per heavy atom. The number of nitrogens with zero attached hydrogens (tertiary/aromatic N) is 2. The van der Waals surface area contributed by atoms with Gasteiger partial charge in [-0.1, -0.05) is 11.6 Å². The van der Waals surface area contributed by atoms with Crippen LogP contribution in [-0.4, -0.2) is 36.5 Å². The number of halogens is 2. The standard InChI is InChI=1S/C11H15ClFN5/c1-6(15-2)10(18-16-3)9(14)7-4-5-17-11(12)8(7)13/h4-6,14-16H,1-3H3/b14-9?,18-10-. The fourth-order valence-corrected chi connectivity index (χ4v) is 1.53. The molecule has 5 nitrogen and oxygen atoms in total. The van der Waals surface area contributed by atoms with Gasteiger partial charge in [0.1, 0.15) is 5.71 Å². The van der Waals surface area contributed by atoms with E-state index in [0.29, 0.717) is 5.71 Å². The molecule has 0 amide bonds. The lowest BCUT2D eigenvalue weighted by Crippen LogP contribution is -2.37. The molecule has 0 aliphatic heterocycles. The lowest BCUT2D eigenvalue weighted by atomic mass is 10.0. The molecule has 7 heteroatoms. The second-order valence-electron chi connectivity index (χ2n) is 3.57. The molecule has 0 bridgehead atoms. The number of aromatic nitrogens is 1. The van der Waals surface area contributed by atoms with Crippen molar-refractivity contribution in [3.63, 3.8) is 0 Å². The van der Waals surface area contributed by atoms with E-state index in [1.54, 1.807) is 14.1 Å². The number of rotatable bonds is 5. The third kappa shape index (κ3) is 3.02. The summed E-state index contributed by atoms with van der Waals surface area (Å²) in [4.78, 5) is 3.61. The Balaban J connectivity index is 3.19. The molecule has 0 fully saturated rings. The molecule has 0 radical (unpaired) electrons. The van der Waals surface area contributed by atoms with Crippen LogP contribution in [0.15, 0.2) is 17.4 Å². The Morgan fingerprint density at radius 1 is 1.56 bits per heavy atom. The van der Waals surface area contributed by atoms with Gasteiger partial charge in [0.2, 0.25) is 0 Å². The van der Waals surface area contributed by atoms with Crippen molar-refractivity contribution in [2.24, 2.45) is 5.10 Å². The Kier molecular flexibility index (Phi) is 5.18. The van der Waals surface area contributed by atoms with E-state index in [9.17, 15) is 4.39 Å². The van der Waals surface area contributed by atoms with Gasteiger partial charge >= 0.3 is 0 Å². The first-order valence-electron chi connectivity index (χ1n) is 5.33. The monoisotopic (exact) mass is 271 g/mol. The molecular weight excluding hydrogens is 257 g/mol. The molecule has 1 aromatic rings. The van der Waals surface area contributed by atoms with Crippen molar-refractivity contribution in [3.8, 4) is 0 Å². The van der Waals surface area contributed by atoms with Gasteiger partial charge in [-0.05, 0) is 20.0 Å². The molecule has 1 atom stereocenters. The molecule has 0 saturated heterocycles. The third-order valence-electron chi connectivity index (χ3n) is 2.45. The van der Waals surface area contributed by atoms with Crippen molar-refractivity contribution < 1.29 is 4.39 Å². The van der Waals surface area contributed by atoms with E-state index >= 15 is 0 Å². The van der Waals surface area contributed by atoms with Gasteiger partial charge in [-0.15, -0.1) is 0 Å². The van der Waals surface area contributed by atoms with Gasteiger partial charge in [0.25, 0.3) is 0 Å². The molecule has 0 aromatic carbocycles. The number of hydrogen-bond donors (Lipinski definition) is 3. The second kappa shape index (κ2) is 6.42. The Labute approximate surface area is 110 Å². The first-order valence-corrected chi connectivity index (χ1v) is 5.71. The number of hydrazone groups is 1. The molecule has 1 rings (SSSR count). The van der Waals surface area contributed by atoms with E-state index in [1.165, 1.54) is 12.3 Å². The van der Waals surface area contributed by atoms with Gasteiger partial charge in [0.05, 0.1) is 11.8 Å². The summed E-state index contributed by atoms with van der Waals surface area (Å²) >= 11 is 5.60. The average Bonchev–Trinajstić information content (AvgIpc) is 2.37. The Morgan fingerprint density at radius 2 is 2.22 bits per heavy atom. The smallest absolute Gasteiger partial charge is 0.169 e. The highest BCUT2D eigenvalue weighted by Gasteiger charge is 2.20. The average molecular weight is 272 g/mol. The van der Waals surface area contributed by atoms with E-state index in [1.807, 2.05) is 6.92 Å². The van der Waals surface area contributed by atoms with Crippen LogP contribution in [0.2, 0.25) is 5.15 Å². The van der Waals surface area contributed by atoms with Crippen LogP contribution in [0.3, 0.4) is 0 Å². The van der Waals surface area contributed by atoms with Gasteiger partial charge in [-0.3, -0.25) is 5.41 Å². The van der Waals surface area contributed by atoms with Crippen molar-refractivity contribution in [3.05, 3.63) is 28.8 Å². The maximum atomic E-state index is 13.8. The molecular formula is C11H15ClFN5. The minimum Gasteiger partial charge on any atom is -0.313 e. The lowest BCUT2D eigenvalue weighted by Gasteiger charge is -2.15. The Hall–Kier alpha value is -1.53. The van der Waals surface area contributed by atoms with E-state index in [-0.39, 0.29) is 22.5 Å². The van der Waals surface area contributed by atoms with Crippen LogP contribution >= 0.6 is 11.6 Å². The molecule has 0 saturated carbocycles. The summed E-state index contributed by atoms with van der Waals surface area (Å²) < 4.78 is 13.8. The number of hydrogen-bond acceptors (Lipinski definition) is 5.